The van der Waals surface area contributed by atoms with Crippen LogP contribution >= 0.6 is 0 Å². The number of hydrogen-bond donors (Lipinski definition) is 3. The molecular formula is C13H20N2O2. The predicted molar refractivity (Wildman–Crippen MR) is 68.4 cm³/mol. The van der Waals surface area contributed by atoms with E-state index >= 15 is 0 Å². The standard InChI is InChI=1S/C13H20N2O2/c1-9(2)11(7-14)13(17)15-12-6-4-3-5-10(12)8-16/h3-6,9,11,16H,7-8,14H2,1-2H3,(H,15,17). The number of aliphatic hydroxyl groups excluding tert-OH is 1. The zero-order valence-corrected chi connectivity index (χ0v) is 10.3. The van der Waals surface area contributed by atoms with E-state index in [-0.39, 0.29) is 24.3 Å². The molecule has 0 spiro atoms. The van der Waals surface area contributed by atoms with Gasteiger partial charge in [-0.2, -0.15) is 0 Å². The molecule has 4 heteroatoms. The zero-order valence-electron chi connectivity index (χ0n) is 10.3. The second-order valence-corrected chi connectivity index (χ2v) is 4.39. The van der Waals surface area contributed by atoms with Crippen LogP contribution in [0.25, 0.3) is 0 Å². The summed E-state index contributed by atoms with van der Waals surface area (Å²) >= 11 is 0. The van der Waals surface area contributed by atoms with E-state index in [0.717, 1.165) is 0 Å². The summed E-state index contributed by atoms with van der Waals surface area (Å²) in [6.07, 6.45) is 0. The smallest absolute Gasteiger partial charge is 0.229 e. The molecule has 0 heterocycles. The lowest BCUT2D eigenvalue weighted by molar-refractivity contribution is -0.120. The Hall–Kier alpha value is -1.39. The van der Waals surface area contributed by atoms with Crippen LogP contribution in [0.5, 0.6) is 0 Å². The third-order valence-corrected chi connectivity index (χ3v) is 2.84. The number of carbonyl (C=O) groups is 1. The Kier molecular flexibility index (Phi) is 5.12. The van der Waals surface area contributed by atoms with Crippen LogP contribution < -0.4 is 11.1 Å². The fourth-order valence-electron chi connectivity index (χ4n) is 1.69. The highest BCUT2D eigenvalue weighted by Gasteiger charge is 2.20. The van der Waals surface area contributed by atoms with Gasteiger partial charge in [-0.3, -0.25) is 4.79 Å². The molecule has 1 rings (SSSR count). The Balaban J connectivity index is 2.80. The van der Waals surface area contributed by atoms with Gasteiger partial charge in [-0.1, -0.05) is 32.0 Å². The third-order valence-electron chi connectivity index (χ3n) is 2.84. The Morgan fingerprint density at radius 2 is 2.06 bits per heavy atom. The molecule has 0 aliphatic rings. The normalized spacial score (nSPS) is 12.5. The molecule has 0 bridgehead atoms. The van der Waals surface area contributed by atoms with Gasteiger partial charge in [-0.15, -0.1) is 0 Å². The number of para-hydroxylation sites is 1. The lowest BCUT2D eigenvalue weighted by Crippen LogP contribution is -2.33. The summed E-state index contributed by atoms with van der Waals surface area (Å²) in [6, 6.07) is 7.20. The van der Waals surface area contributed by atoms with Gasteiger partial charge < -0.3 is 16.2 Å². The van der Waals surface area contributed by atoms with Crippen LogP contribution in [0.4, 0.5) is 5.69 Å². The molecule has 94 valence electrons. The van der Waals surface area contributed by atoms with Crippen molar-refractivity contribution < 1.29 is 9.90 Å². The Morgan fingerprint density at radius 1 is 1.41 bits per heavy atom. The van der Waals surface area contributed by atoms with Gasteiger partial charge in [0.15, 0.2) is 0 Å². The number of rotatable bonds is 5. The first-order chi connectivity index (χ1) is 8.10. The monoisotopic (exact) mass is 236 g/mol. The molecular weight excluding hydrogens is 216 g/mol. The van der Waals surface area contributed by atoms with Gasteiger partial charge >= 0.3 is 0 Å². The maximum absolute atomic E-state index is 12.0. The highest BCUT2D eigenvalue weighted by molar-refractivity contribution is 5.93. The Morgan fingerprint density at radius 3 is 2.59 bits per heavy atom. The lowest BCUT2D eigenvalue weighted by Gasteiger charge is -2.19. The Bertz CT molecular complexity index is 377. The van der Waals surface area contributed by atoms with Crippen molar-refractivity contribution in [2.24, 2.45) is 17.6 Å². The Labute approximate surface area is 102 Å². The first-order valence-electron chi connectivity index (χ1n) is 5.79. The molecule has 1 aromatic rings. The van der Waals surface area contributed by atoms with E-state index in [4.69, 9.17) is 10.8 Å². The fourth-order valence-corrected chi connectivity index (χ4v) is 1.69. The van der Waals surface area contributed by atoms with Crippen LogP contribution in [-0.4, -0.2) is 17.6 Å². The first kappa shape index (κ1) is 13.7. The van der Waals surface area contributed by atoms with Gasteiger partial charge in [-0.25, -0.2) is 0 Å². The van der Waals surface area contributed by atoms with Crippen LogP contribution in [0.2, 0.25) is 0 Å². The van der Waals surface area contributed by atoms with Crippen LogP contribution in [0.3, 0.4) is 0 Å². The van der Waals surface area contributed by atoms with Gasteiger partial charge in [0.05, 0.1) is 12.5 Å². The highest BCUT2D eigenvalue weighted by Crippen LogP contribution is 2.18. The molecule has 4 nitrogen and oxygen atoms in total. The number of nitrogens with two attached hydrogens (primary N) is 1. The van der Waals surface area contributed by atoms with Crippen molar-refractivity contribution in [2.45, 2.75) is 20.5 Å². The quantitative estimate of drug-likeness (QED) is 0.722. The van der Waals surface area contributed by atoms with Crippen LogP contribution in [-0.2, 0) is 11.4 Å². The van der Waals surface area contributed by atoms with E-state index in [1.165, 1.54) is 0 Å². The fraction of sp³-hybridized carbons (Fsp3) is 0.462. The average Bonchev–Trinajstić information content (AvgIpc) is 2.30. The van der Waals surface area contributed by atoms with Crippen LogP contribution in [0.15, 0.2) is 24.3 Å². The summed E-state index contributed by atoms with van der Waals surface area (Å²) < 4.78 is 0. The van der Waals surface area contributed by atoms with E-state index in [1.54, 1.807) is 12.1 Å². The van der Waals surface area contributed by atoms with E-state index in [1.807, 2.05) is 26.0 Å². The number of hydrogen-bond acceptors (Lipinski definition) is 3. The largest absolute Gasteiger partial charge is 0.392 e. The molecule has 4 N–H and O–H groups in total. The van der Waals surface area contributed by atoms with Gasteiger partial charge in [0.1, 0.15) is 0 Å². The summed E-state index contributed by atoms with van der Waals surface area (Å²) in [5.41, 5.74) is 6.95. The maximum Gasteiger partial charge on any atom is 0.229 e. The zero-order chi connectivity index (χ0) is 12.8. The molecule has 0 aromatic heterocycles. The molecule has 17 heavy (non-hydrogen) atoms. The summed E-state index contributed by atoms with van der Waals surface area (Å²) in [6.45, 7) is 4.17. The number of benzene rings is 1. The van der Waals surface area contributed by atoms with E-state index in [9.17, 15) is 4.79 Å². The molecule has 1 aromatic carbocycles. The van der Waals surface area contributed by atoms with Crippen molar-refractivity contribution in [1.82, 2.24) is 0 Å². The van der Waals surface area contributed by atoms with Gasteiger partial charge in [0.25, 0.3) is 0 Å². The van der Waals surface area contributed by atoms with Crippen molar-refractivity contribution in [2.75, 3.05) is 11.9 Å². The maximum atomic E-state index is 12.0. The molecule has 0 aliphatic heterocycles. The molecule has 0 saturated carbocycles. The second-order valence-electron chi connectivity index (χ2n) is 4.39. The van der Waals surface area contributed by atoms with Crippen molar-refractivity contribution in [1.29, 1.82) is 0 Å². The molecule has 0 aliphatic carbocycles. The van der Waals surface area contributed by atoms with Crippen molar-refractivity contribution in [3.8, 4) is 0 Å². The van der Waals surface area contributed by atoms with Crippen molar-refractivity contribution in [3.05, 3.63) is 29.8 Å². The van der Waals surface area contributed by atoms with Crippen LogP contribution in [0.1, 0.15) is 19.4 Å². The number of aliphatic hydroxyl groups is 1. The lowest BCUT2D eigenvalue weighted by atomic mass is 9.95. The minimum absolute atomic E-state index is 0.0918. The summed E-state index contributed by atoms with van der Waals surface area (Å²) in [7, 11) is 0. The molecule has 0 fully saturated rings. The minimum Gasteiger partial charge on any atom is -0.392 e. The third kappa shape index (κ3) is 3.54. The van der Waals surface area contributed by atoms with E-state index in [2.05, 4.69) is 5.32 Å². The predicted octanol–water partition coefficient (Wildman–Crippen LogP) is 1.35. The van der Waals surface area contributed by atoms with E-state index in [0.29, 0.717) is 17.8 Å². The molecule has 0 radical (unpaired) electrons. The number of carbonyl (C=O) groups excluding carboxylic acids is 1. The van der Waals surface area contributed by atoms with Crippen LogP contribution in [0, 0.1) is 11.8 Å². The molecule has 1 unspecified atom stereocenters. The molecule has 1 atom stereocenters. The topological polar surface area (TPSA) is 75.4 Å². The summed E-state index contributed by atoms with van der Waals surface area (Å²) in [5, 5.41) is 12.0. The number of amides is 1. The minimum atomic E-state index is -0.207. The average molecular weight is 236 g/mol. The van der Waals surface area contributed by atoms with Crippen molar-refractivity contribution in [3.63, 3.8) is 0 Å². The summed E-state index contributed by atoms with van der Waals surface area (Å²) in [4.78, 5) is 12.0. The number of anilines is 1. The number of nitrogens with one attached hydrogen (secondary N) is 1. The highest BCUT2D eigenvalue weighted by atomic mass is 16.3. The first-order valence-corrected chi connectivity index (χ1v) is 5.79. The van der Waals surface area contributed by atoms with Gasteiger partial charge in [0, 0.05) is 17.8 Å². The van der Waals surface area contributed by atoms with Gasteiger partial charge in [-0.05, 0) is 12.0 Å². The SMILES string of the molecule is CC(C)C(CN)C(=O)Nc1ccccc1CO. The molecule has 0 saturated heterocycles. The molecule has 1 amide bonds. The second kappa shape index (κ2) is 6.37. The van der Waals surface area contributed by atoms with E-state index < -0.39 is 0 Å². The van der Waals surface area contributed by atoms with Crippen molar-refractivity contribution >= 4 is 11.6 Å². The summed E-state index contributed by atoms with van der Waals surface area (Å²) in [5.74, 6) is -0.105. The van der Waals surface area contributed by atoms with Gasteiger partial charge in [0.2, 0.25) is 5.91 Å².